The van der Waals surface area contributed by atoms with Crippen molar-refractivity contribution < 1.29 is 18.0 Å². The molecule has 0 saturated carbocycles. The number of likely N-dealkylation sites (tertiary alicyclic amines) is 1. The van der Waals surface area contributed by atoms with Gasteiger partial charge in [0.2, 0.25) is 5.91 Å². The Kier molecular flexibility index (Phi) is 5.27. The number of nitrogens with two attached hydrogens (primary N) is 1. The lowest BCUT2D eigenvalue weighted by atomic mass is 10.0. The largest absolute Gasteiger partial charge is 0.341 e. The Labute approximate surface area is 165 Å². The second-order valence-electron chi connectivity index (χ2n) is 7.36. The third kappa shape index (κ3) is 3.85. The summed E-state index contributed by atoms with van der Waals surface area (Å²) in [5.74, 6) is -3.12. The summed E-state index contributed by atoms with van der Waals surface area (Å²) in [6.07, 6.45) is 4.00. The summed E-state index contributed by atoms with van der Waals surface area (Å²) in [6, 6.07) is 6.30. The molecule has 2 aromatic carbocycles. The van der Waals surface area contributed by atoms with Crippen molar-refractivity contribution in [3.8, 4) is 11.1 Å². The van der Waals surface area contributed by atoms with Gasteiger partial charge < -0.3 is 10.6 Å². The maximum absolute atomic E-state index is 14.4. The Hall–Kier alpha value is -2.87. The molecule has 1 aliphatic rings. The number of para-hydroxylation sites is 1. The van der Waals surface area contributed by atoms with Crippen LogP contribution in [0, 0.1) is 17.5 Å². The molecule has 1 amide bonds. The lowest BCUT2D eigenvalue weighted by Crippen LogP contribution is -2.35. The summed E-state index contributed by atoms with van der Waals surface area (Å²) in [7, 11) is 0. The molecule has 4 rings (SSSR count). The van der Waals surface area contributed by atoms with E-state index < -0.39 is 17.5 Å². The Morgan fingerprint density at radius 1 is 1.14 bits per heavy atom. The number of hydrogen-bond acceptors (Lipinski definition) is 3. The molecule has 1 aliphatic heterocycles. The third-order valence-electron chi connectivity index (χ3n) is 5.35. The number of rotatable bonds is 3. The van der Waals surface area contributed by atoms with Crippen LogP contribution < -0.4 is 5.73 Å². The van der Waals surface area contributed by atoms with Crippen LogP contribution in [0.5, 0.6) is 0 Å². The van der Waals surface area contributed by atoms with Gasteiger partial charge in [0, 0.05) is 42.2 Å². The molecule has 2 heterocycles. The first kappa shape index (κ1) is 19.4. The number of carbonyl (C=O) groups is 1. The Morgan fingerprint density at radius 3 is 2.66 bits per heavy atom. The van der Waals surface area contributed by atoms with Crippen molar-refractivity contribution in [3.05, 3.63) is 54.0 Å². The number of hydrogen-bond donors (Lipinski definition) is 1. The van der Waals surface area contributed by atoms with Crippen molar-refractivity contribution in [2.24, 2.45) is 5.73 Å². The highest BCUT2D eigenvalue weighted by molar-refractivity contribution is 5.95. The smallest absolute Gasteiger partial charge is 0.244 e. The Balaban J connectivity index is 1.71. The molecule has 3 aromatic rings. The molecule has 0 radical (unpaired) electrons. The second-order valence-corrected chi connectivity index (χ2v) is 7.36. The third-order valence-corrected chi connectivity index (χ3v) is 5.35. The Bertz CT molecular complexity index is 1040. The molecule has 0 aliphatic carbocycles. The van der Waals surface area contributed by atoms with E-state index in [2.05, 4.69) is 5.10 Å². The molecule has 0 bridgehead atoms. The van der Waals surface area contributed by atoms with Crippen LogP contribution in [0.25, 0.3) is 22.0 Å². The maximum Gasteiger partial charge on any atom is 0.244 e. The normalized spacial score (nSPS) is 17.5. The second kappa shape index (κ2) is 7.87. The molecule has 152 valence electrons. The number of carbonyl (C=O) groups excluding carboxylic acids is 1. The van der Waals surface area contributed by atoms with Crippen molar-refractivity contribution in [1.29, 1.82) is 0 Å². The fraction of sp³-hybridized carbons (Fsp3) is 0.333. The van der Waals surface area contributed by atoms with E-state index in [4.69, 9.17) is 5.73 Å². The van der Waals surface area contributed by atoms with Crippen LogP contribution in [0.3, 0.4) is 0 Å². The average Bonchev–Trinajstić information content (AvgIpc) is 2.94. The van der Waals surface area contributed by atoms with Gasteiger partial charge in [0.15, 0.2) is 0 Å². The van der Waals surface area contributed by atoms with Crippen molar-refractivity contribution >= 4 is 16.8 Å². The first-order valence-corrected chi connectivity index (χ1v) is 9.57. The van der Waals surface area contributed by atoms with E-state index in [1.54, 1.807) is 23.2 Å². The van der Waals surface area contributed by atoms with Crippen LogP contribution in [0.2, 0.25) is 0 Å². The maximum atomic E-state index is 14.4. The quantitative estimate of drug-likeness (QED) is 0.730. The fourth-order valence-corrected chi connectivity index (χ4v) is 3.86. The number of nitrogens with zero attached hydrogens (tertiary/aromatic N) is 3. The lowest BCUT2D eigenvalue weighted by molar-refractivity contribution is -0.131. The summed E-state index contributed by atoms with van der Waals surface area (Å²) in [5, 5.41) is 4.89. The Morgan fingerprint density at radius 2 is 1.90 bits per heavy atom. The first-order valence-electron chi connectivity index (χ1n) is 9.57. The predicted molar refractivity (Wildman–Crippen MR) is 103 cm³/mol. The van der Waals surface area contributed by atoms with Gasteiger partial charge in [-0.2, -0.15) is 5.10 Å². The van der Waals surface area contributed by atoms with Gasteiger partial charge >= 0.3 is 0 Å². The van der Waals surface area contributed by atoms with Gasteiger partial charge in [-0.05, 0) is 19.3 Å². The SMILES string of the molecule is N[C@H]1CCCN(C(=O)Cn2ncc3cccc(-c4c(F)cc(F)cc4F)c32)CC1. The highest BCUT2D eigenvalue weighted by atomic mass is 19.1. The number of amides is 1. The molecular weight excluding hydrogens is 381 g/mol. The van der Waals surface area contributed by atoms with Gasteiger partial charge in [0.05, 0.1) is 17.3 Å². The molecule has 2 N–H and O–H groups in total. The van der Waals surface area contributed by atoms with Crippen LogP contribution in [-0.4, -0.2) is 39.7 Å². The van der Waals surface area contributed by atoms with E-state index in [1.807, 2.05) is 0 Å². The summed E-state index contributed by atoms with van der Waals surface area (Å²) >= 11 is 0. The molecule has 8 heteroatoms. The zero-order chi connectivity index (χ0) is 20.5. The van der Waals surface area contributed by atoms with Crippen molar-refractivity contribution in [3.63, 3.8) is 0 Å². The minimum absolute atomic E-state index is 0.0554. The molecule has 1 atom stereocenters. The van der Waals surface area contributed by atoms with Crippen molar-refractivity contribution in [1.82, 2.24) is 14.7 Å². The molecule has 5 nitrogen and oxygen atoms in total. The van der Waals surface area contributed by atoms with Gasteiger partial charge in [-0.15, -0.1) is 0 Å². The average molecular weight is 402 g/mol. The van der Waals surface area contributed by atoms with Gasteiger partial charge in [0.25, 0.3) is 0 Å². The van der Waals surface area contributed by atoms with E-state index in [9.17, 15) is 18.0 Å². The van der Waals surface area contributed by atoms with E-state index in [-0.39, 0.29) is 29.6 Å². The summed E-state index contributed by atoms with van der Waals surface area (Å²) in [6.45, 7) is 1.15. The van der Waals surface area contributed by atoms with E-state index in [1.165, 1.54) is 10.7 Å². The zero-order valence-corrected chi connectivity index (χ0v) is 15.7. The monoisotopic (exact) mass is 402 g/mol. The molecule has 1 aromatic heterocycles. The standard InChI is InChI=1S/C21H21F3N4O/c22-14-9-17(23)20(18(24)10-14)16-5-1-3-13-11-26-28(21(13)16)12-19(29)27-7-2-4-15(25)6-8-27/h1,3,5,9-11,15H,2,4,6-8,12,25H2/t15-/m0/s1. The van der Waals surface area contributed by atoms with Crippen LogP contribution in [-0.2, 0) is 11.3 Å². The van der Waals surface area contributed by atoms with E-state index in [0.29, 0.717) is 36.1 Å². The predicted octanol–water partition coefficient (Wildman–Crippen LogP) is 3.46. The van der Waals surface area contributed by atoms with Crippen LogP contribution in [0.15, 0.2) is 36.5 Å². The number of aromatic nitrogens is 2. The molecule has 0 unspecified atom stereocenters. The van der Waals surface area contributed by atoms with E-state index in [0.717, 1.165) is 19.3 Å². The van der Waals surface area contributed by atoms with Crippen LogP contribution in [0.1, 0.15) is 19.3 Å². The molecule has 1 fully saturated rings. The van der Waals surface area contributed by atoms with Gasteiger partial charge in [-0.3, -0.25) is 9.48 Å². The highest BCUT2D eigenvalue weighted by Gasteiger charge is 2.22. The fourth-order valence-electron chi connectivity index (χ4n) is 3.86. The molecule has 0 spiro atoms. The van der Waals surface area contributed by atoms with Gasteiger partial charge in [-0.25, -0.2) is 13.2 Å². The molecule has 29 heavy (non-hydrogen) atoms. The zero-order valence-electron chi connectivity index (χ0n) is 15.7. The summed E-state index contributed by atoms with van der Waals surface area (Å²) < 4.78 is 43.6. The first-order chi connectivity index (χ1) is 13.9. The molecule has 1 saturated heterocycles. The lowest BCUT2D eigenvalue weighted by Gasteiger charge is -2.21. The summed E-state index contributed by atoms with van der Waals surface area (Å²) in [5.41, 5.74) is 6.29. The highest BCUT2D eigenvalue weighted by Crippen LogP contribution is 2.33. The number of fused-ring (bicyclic) bond motifs is 1. The van der Waals surface area contributed by atoms with Crippen molar-refractivity contribution in [2.75, 3.05) is 13.1 Å². The van der Waals surface area contributed by atoms with Gasteiger partial charge in [-0.1, -0.05) is 18.2 Å². The summed E-state index contributed by atoms with van der Waals surface area (Å²) in [4.78, 5) is 14.6. The van der Waals surface area contributed by atoms with E-state index >= 15 is 0 Å². The number of halogens is 3. The molecular formula is C21H21F3N4O. The van der Waals surface area contributed by atoms with Crippen LogP contribution in [0.4, 0.5) is 13.2 Å². The van der Waals surface area contributed by atoms with Crippen molar-refractivity contribution in [2.45, 2.75) is 31.8 Å². The van der Waals surface area contributed by atoms with Gasteiger partial charge in [0.1, 0.15) is 24.0 Å². The minimum Gasteiger partial charge on any atom is -0.341 e. The number of benzene rings is 2. The van der Waals surface area contributed by atoms with Crippen LogP contribution >= 0.6 is 0 Å². The minimum atomic E-state index is -1.00. The topological polar surface area (TPSA) is 64.2 Å².